The number of anilines is 1. The van der Waals surface area contributed by atoms with E-state index >= 15 is 0 Å². The largest absolute Gasteiger partial charge is 0.495 e. The molecule has 1 aliphatic heterocycles. The van der Waals surface area contributed by atoms with E-state index in [0.717, 1.165) is 24.9 Å². The third kappa shape index (κ3) is 2.46. The topological polar surface area (TPSA) is 24.5 Å². The summed E-state index contributed by atoms with van der Waals surface area (Å²) in [6.07, 6.45) is 3.97. The number of hydrogen-bond donors (Lipinski definition) is 1. The van der Waals surface area contributed by atoms with Crippen molar-refractivity contribution < 1.29 is 4.74 Å². The van der Waals surface area contributed by atoms with E-state index in [1.807, 2.05) is 0 Å². The lowest BCUT2D eigenvalue weighted by Crippen LogP contribution is -2.34. The van der Waals surface area contributed by atoms with Crippen molar-refractivity contribution in [3.05, 3.63) is 23.8 Å². The molecular weight excluding hydrogens is 224 g/mol. The zero-order chi connectivity index (χ0) is 12.5. The summed E-state index contributed by atoms with van der Waals surface area (Å²) in [6.45, 7) is 4.37. The number of ether oxygens (including phenoxy) is 1. The van der Waals surface area contributed by atoms with Gasteiger partial charge in [-0.25, -0.2) is 0 Å². The molecule has 0 bridgehead atoms. The smallest absolute Gasteiger partial charge is 0.142 e. The molecule has 1 aliphatic carbocycles. The summed E-state index contributed by atoms with van der Waals surface area (Å²) in [4.78, 5) is 2.45. The Morgan fingerprint density at radius 3 is 2.78 bits per heavy atom. The fourth-order valence-electron chi connectivity index (χ4n) is 2.75. The summed E-state index contributed by atoms with van der Waals surface area (Å²) in [5, 5.41) is 3.72. The average Bonchev–Trinajstić information content (AvgIpc) is 3.05. The summed E-state index contributed by atoms with van der Waals surface area (Å²) in [6, 6.07) is 7.88. The Kier molecular flexibility index (Phi) is 3.16. The second-order valence-electron chi connectivity index (χ2n) is 5.55. The highest BCUT2D eigenvalue weighted by Gasteiger charge is 2.30. The summed E-state index contributed by atoms with van der Waals surface area (Å²) >= 11 is 0. The number of aryl methyl sites for hydroxylation is 1. The molecule has 1 atom stereocenters. The van der Waals surface area contributed by atoms with Crippen LogP contribution in [-0.4, -0.2) is 32.3 Å². The van der Waals surface area contributed by atoms with Crippen LogP contribution >= 0.6 is 0 Å². The summed E-state index contributed by atoms with van der Waals surface area (Å²) in [7, 11) is 1.75. The van der Waals surface area contributed by atoms with E-state index < -0.39 is 0 Å². The van der Waals surface area contributed by atoms with Gasteiger partial charge in [-0.05, 0) is 43.9 Å². The van der Waals surface area contributed by atoms with Crippen LogP contribution in [0.2, 0.25) is 0 Å². The summed E-state index contributed by atoms with van der Waals surface area (Å²) < 4.78 is 5.48. The summed E-state index contributed by atoms with van der Waals surface area (Å²) in [5.74, 6) is 0.993. The SMILES string of the molecule is COc1ccc(C)cc1N1CCC(NC2CC2)C1. The van der Waals surface area contributed by atoms with Crippen LogP contribution in [-0.2, 0) is 0 Å². The Labute approximate surface area is 109 Å². The number of nitrogens with zero attached hydrogens (tertiary/aromatic N) is 1. The molecule has 1 saturated carbocycles. The van der Waals surface area contributed by atoms with Gasteiger partial charge >= 0.3 is 0 Å². The van der Waals surface area contributed by atoms with Gasteiger partial charge in [-0.3, -0.25) is 0 Å². The van der Waals surface area contributed by atoms with Crippen molar-refractivity contribution in [3.63, 3.8) is 0 Å². The molecule has 2 fully saturated rings. The molecule has 1 saturated heterocycles. The molecular formula is C15H22N2O. The molecule has 0 amide bonds. The minimum Gasteiger partial charge on any atom is -0.495 e. The molecule has 98 valence electrons. The van der Waals surface area contributed by atoms with E-state index in [2.05, 4.69) is 35.3 Å². The first-order valence-corrected chi connectivity index (χ1v) is 6.92. The minimum absolute atomic E-state index is 0.655. The first kappa shape index (κ1) is 11.8. The van der Waals surface area contributed by atoms with Gasteiger partial charge in [0.1, 0.15) is 5.75 Å². The van der Waals surface area contributed by atoms with Gasteiger partial charge in [0.05, 0.1) is 12.8 Å². The number of rotatable bonds is 4. The maximum atomic E-state index is 5.48. The fourth-order valence-corrected chi connectivity index (χ4v) is 2.75. The molecule has 2 aliphatic rings. The first-order valence-electron chi connectivity index (χ1n) is 6.92. The Morgan fingerprint density at radius 2 is 2.06 bits per heavy atom. The molecule has 1 heterocycles. The van der Waals surface area contributed by atoms with Crippen LogP contribution in [0, 0.1) is 6.92 Å². The maximum absolute atomic E-state index is 5.48. The molecule has 3 heteroatoms. The number of benzene rings is 1. The highest BCUT2D eigenvalue weighted by atomic mass is 16.5. The van der Waals surface area contributed by atoms with Crippen LogP contribution in [0.25, 0.3) is 0 Å². The molecule has 0 spiro atoms. The molecule has 3 rings (SSSR count). The van der Waals surface area contributed by atoms with Crippen molar-refractivity contribution in [2.75, 3.05) is 25.1 Å². The van der Waals surface area contributed by atoms with Crippen molar-refractivity contribution in [2.24, 2.45) is 0 Å². The van der Waals surface area contributed by atoms with Crippen LogP contribution in [0.15, 0.2) is 18.2 Å². The monoisotopic (exact) mass is 246 g/mol. The van der Waals surface area contributed by atoms with Gasteiger partial charge in [0, 0.05) is 25.2 Å². The van der Waals surface area contributed by atoms with Gasteiger partial charge in [-0.2, -0.15) is 0 Å². The molecule has 0 radical (unpaired) electrons. The van der Waals surface area contributed by atoms with E-state index in [-0.39, 0.29) is 0 Å². The van der Waals surface area contributed by atoms with Crippen LogP contribution in [0.3, 0.4) is 0 Å². The zero-order valence-corrected chi connectivity index (χ0v) is 11.3. The van der Waals surface area contributed by atoms with Crippen LogP contribution in [0.1, 0.15) is 24.8 Å². The number of methoxy groups -OCH3 is 1. The fraction of sp³-hybridized carbons (Fsp3) is 0.600. The minimum atomic E-state index is 0.655. The highest BCUT2D eigenvalue weighted by Crippen LogP contribution is 2.32. The molecule has 1 aromatic carbocycles. The van der Waals surface area contributed by atoms with E-state index in [0.29, 0.717) is 6.04 Å². The highest BCUT2D eigenvalue weighted by molar-refractivity contribution is 5.60. The predicted molar refractivity (Wildman–Crippen MR) is 74.5 cm³/mol. The van der Waals surface area contributed by atoms with E-state index in [9.17, 15) is 0 Å². The number of nitrogens with one attached hydrogen (secondary N) is 1. The third-order valence-corrected chi connectivity index (χ3v) is 3.91. The van der Waals surface area contributed by atoms with Crippen LogP contribution < -0.4 is 15.0 Å². The lowest BCUT2D eigenvalue weighted by atomic mass is 10.2. The predicted octanol–water partition coefficient (Wildman–Crippen LogP) is 2.33. The Hall–Kier alpha value is -1.22. The van der Waals surface area contributed by atoms with Gasteiger partial charge < -0.3 is 15.0 Å². The number of hydrogen-bond acceptors (Lipinski definition) is 3. The van der Waals surface area contributed by atoms with Crippen molar-refractivity contribution >= 4 is 5.69 Å². The molecule has 1 aromatic rings. The standard InChI is InChI=1S/C15H22N2O/c1-11-3-6-15(18-2)14(9-11)17-8-7-13(10-17)16-12-4-5-12/h3,6,9,12-13,16H,4-5,7-8,10H2,1-2H3. The molecule has 0 aromatic heterocycles. The van der Waals surface area contributed by atoms with Crippen molar-refractivity contribution in [1.82, 2.24) is 5.32 Å². The Balaban J connectivity index is 1.72. The van der Waals surface area contributed by atoms with Gasteiger partial charge in [-0.15, -0.1) is 0 Å². The van der Waals surface area contributed by atoms with Gasteiger partial charge in [0.15, 0.2) is 0 Å². The first-order chi connectivity index (χ1) is 8.76. The Bertz CT molecular complexity index is 429. The van der Waals surface area contributed by atoms with Crippen LogP contribution in [0.4, 0.5) is 5.69 Å². The van der Waals surface area contributed by atoms with Crippen molar-refractivity contribution in [1.29, 1.82) is 0 Å². The second kappa shape index (κ2) is 4.81. The molecule has 1 N–H and O–H groups in total. The molecule has 1 unspecified atom stereocenters. The Morgan fingerprint density at radius 1 is 1.22 bits per heavy atom. The third-order valence-electron chi connectivity index (χ3n) is 3.91. The van der Waals surface area contributed by atoms with E-state index in [1.165, 1.54) is 30.5 Å². The molecule has 3 nitrogen and oxygen atoms in total. The van der Waals surface area contributed by atoms with E-state index in [1.54, 1.807) is 7.11 Å². The van der Waals surface area contributed by atoms with Crippen LogP contribution in [0.5, 0.6) is 5.75 Å². The van der Waals surface area contributed by atoms with E-state index in [4.69, 9.17) is 4.74 Å². The van der Waals surface area contributed by atoms with Crippen molar-refractivity contribution in [3.8, 4) is 5.75 Å². The van der Waals surface area contributed by atoms with Gasteiger partial charge in [0.25, 0.3) is 0 Å². The second-order valence-corrected chi connectivity index (χ2v) is 5.55. The summed E-state index contributed by atoms with van der Waals surface area (Å²) in [5.41, 5.74) is 2.54. The van der Waals surface area contributed by atoms with Gasteiger partial charge in [-0.1, -0.05) is 6.07 Å². The average molecular weight is 246 g/mol. The molecule has 18 heavy (non-hydrogen) atoms. The quantitative estimate of drug-likeness (QED) is 0.882. The maximum Gasteiger partial charge on any atom is 0.142 e. The normalized spacial score (nSPS) is 23.4. The lowest BCUT2D eigenvalue weighted by molar-refractivity contribution is 0.414. The zero-order valence-electron chi connectivity index (χ0n) is 11.3. The van der Waals surface area contributed by atoms with Crippen molar-refractivity contribution in [2.45, 2.75) is 38.3 Å². The lowest BCUT2D eigenvalue weighted by Gasteiger charge is -2.22. The van der Waals surface area contributed by atoms with Gasteiger partial charge in [0.2, 0.25) is 0 Å².